The van der Waals surface area contributed by atoms with Crippen LogP contribution in [0.25, 0.3) is 0 Å². The third-order valence-corrected chi connectivity index (χ3v) is 7.55. The van der Waals surface area contributed by atoms with Gasteiger partial charge in [0.25, 0.3) is 0 Å². The number of halogens is 2. The number of rotatable bonds is 2. The number of Topliss-reactive ketones (excluding diaryl/α,β-unsaturated/α-hetero) is 1. The summed E-state index contributed by atoms with van der Waals surface area (Å²) in [7, 11) is 0. The molecule has 1 aromatic rings. The molecule has 21 heavy (non-hydrogen) atoms. The zero-order chi connectivity index (χ0) is 14.7. The van der Waals surface area contributed by atoms with Gasteiger partial charge in [0.2, 0.25) is 0 Å². The van der Waals surface area contributed by atoms with E-state index >= 15 is 0 Å². The molecule has 3 heteroatoms. The average molecular weight is 412 g/mol. The van der Waals surface area contributed by atoms with Crippen molar-refractivity contribution in [1.29, 1.82) is 0 Å². The SMILES string of the molecule is Cc1cc(Br)c(C(=O)C2C3CC4CC(C3)CC2C4)cc1Br. The summed E-state index contributed by atoms with van der Waals surface area (Å²) in [5.74, 6) is 3.82. The monoisotopic (exact) mass is 410 g/mol. The highest BCUT2D eigenvalue weighted by Crippen LogP contribution is 2.57. The Kier molecular flexibility index (Phi) is 3.57. The topological polar surface area (TPSA) is 17.1 Å². The molecule has 0 unspecified atom stereocenters. The largest absolute Gasteiger partial charge is 0.294 e. The number of benzene rings is 1. The summed E-state index contributed by atoms with van der Waals surface area (Å²) in [5.41, 5.74) is 2.05. The van der Waals surface area contributed by atoms with Crippen molar-refractivity contribution in [2.75, 3.05) is 0 Å². The molecule has 0 aromatic heterocycles. The highest BCUT2D eigenvalue weighted by atomic mass is 79.9. The number of carbonyl (C=O) groups is 1. The average Bonchev–Trinajstić information content (AvgIpc) is 2.41. The van der Waals surface area contributed by atoms with Gasteiger partial charge in [-0.15, -0.1) is 0 Å². The normalized spacial score (nSPS) is 37.0. The molecule has 4 aliphatic rings. The molecule has 4 bridgehead atoms. The lowest BCUT2D eigenvalue weighted by atomic mass is 9.51. The maximum absolute atomic E-state index is 13.2. The molecule has 0 N–H and O–H groups in total. The highest BCUT2D eigenvalue weighted by molar-refractivity contribution is 9.11. The first-order chi connectivity index (χ1) is 10.0. The Labute approximate surface area is 143 Å². The predicted octanol–water partition coefficient (Wildman–Crippen LogP) is 5.78. The second-order valence-electron chi connectivity index (χ2n) is 7.40. The minimum absolute atomic E-state index is 0.281. The fourth-order valence-electron chi connectivity index (χ4n) is 5.37. The standard InChI is InChI=1S/C18H20Br2O/c1-9-2-16(20)14(8-15(9)19)18(21)17-12-4-10-3-11(6-12)7-13(17)5-10/h2,8,10-13,17H,3-7H2,1H3. The Hall–Kier alpha value is -0.150. The fraction of sp³-hybridized carbons (Fsp3) is 0.611. The summed E-state index contributed by atoms with van der Waals surface area (Å²) in [4.78, 5) is 13.2. The van der Waals surface area contributed by atoms with Crippen molar-refractivity contribution in [1.82, 2.24) is 0 Å². The number of hydrogen-bond acceptors (Lipinski definition) is 1. The lowest BCUT2D eigenvalue weighted by Crippen LogP contribution is -2.48. The Morgan fingerprint density at radius 3 is 2.10 bits per heavy atom. The minimum Gasteiger partial charge on any atom is -0.294 e. The van der Waals surface area contributed by atoms with Gasteiger partial charge in [0.15, 0.2) is 5.78 Å². The number of aryl methyl sites for hydroxylation is 1. The Bertz CT molecular complexity index is 579. The highest BCUT2D eigenvalue weighted by Gasteiger charge is 2.50. The van der Waals surface area contributed by atoms with Gasteiger partial charge in [0, 0.05) is 20.4 Å². The molecule has 5 rings (SSSR count). The van der Waals surface area contributed by atoms with Crippen molar-refractivity contribution >= 4 is 37.6 Å². The van der Waals surface area contributed by atoms with Crippen LogP contribution in [0.3, 0.4) is 0 Å². The van der Waals surface area contributed by atoms with Crippen molar-refractivity contribution < 1.29 is 4.79 Å². The van der Waals surface area contributed by atoms with E-state index in [0.29, 0.717) is 17.6 Å². The van der Waals surface area contributed by atoms with Crippen molar-refractivity contribution in [2.45, 2.75) is 39.0 Å². The summed E-state index contributed by atoms with van der Waals surface area (Å²) >= 11 is 7.18. The molecule has 4 aliphatic carbocycles. The van der Waals surface area contributed by atoms with Crippen molar-refractivity contribution in [2.24, 2.45) is 29.6 Å². The van der Waals surface area contributed by atoms with Crippen LogP contribution in [-0.4, -0.2) is 5.78 Å². The number of ketones is 1. The summed E-state index contributed by atoms with van der Waals surface area (Å²) in [6.45, 7) is 2.06. The molecule has 0 aliphatic heterocycles. The molecule has 0 amide bonds. The van der Waals surface area contributed by atoms with Crippen LogP contribution in [0.2, 0.25) is 0 Å². The quantitative estimate of drug-likeness (QED) is 0.564. The van der Waals surface area contributed by atoms with Gasteiger partial charge < -0.3 is 0 Å². The molecule has 1 aromatic carbocycles. The Morgan fingerprint density at radius 2 is 1.52 bits per heavy atom. The van der Waals surface area contributed by atoms with Crippen LogP contribution in [0, 0.1) is 36.5 Å². The van der Waals surface area contributed by atoms with Gasteiger partial charge in [-0.25, -0.2) is 0 Å². The van der Waals surface area contributed by atoms with Gasteiger partial charge in [-0.05, 0) is 80.4 Å². The number of carbonyl (C=O) groups excluding carboxylic acids is 1. The molecule has 4 saturated carbocycles. The van der Waals surface area contributed by atoms with Crippen molar-refractivity contribution in [3.05, 3.63) is 32.2 Å². The first-order valence-electron chi connectivity index (χ1n) is 8.02. The van der Waals surface area contributed by atoms with Crippen LogP contribution in [0.15, 0.2) is 21.1 Å². The second kappa shape index (κ2) is 5.19. The molecule has 0 heterocycles. The van der Waals surface area contributed by atoms with Crippen LogP contribution >= 0.6 is 31.9 Å². The van der Waals surface area contributed by atoms with Gasteiger partial charge in [-0.1, -0.05) is 31.9 Å². The minimum atomic E-state index is 0.281. The van der Waals surface area contributed by atoms with E-state index in [1.807, 2.05) is 6.07 Å². The van der Waals surface area contributed by atoms with Crippen molar-refractivity contribution in [3.8, 4) is 0 Å². The van der Waals surface area contributed by atoms with E-state index in [9.17, 15) is 4.79 Å². The molecule has 112 valence electrons. The summed E-state index contributed by atoms with van der Waals surface area (Å²) in [6, 6.07) is 4.08. The maximum atomic E-state index is 13.2. The van der Waals surface area contributed by atoms with Crippen LogP contribution in [0.1, 0.15) is 48.0 Å². The van der Waals surface area contributed by atoms with Gasteiger partial charge in [-0.3, -0.25) is 4.79 Å². The van der Waals surface area contributed by atoms with E-state index in [1.165, 1.54) is 37.7 Å². The van der Waals surface area contributed by atoms with E-state index in [1.54, 1.807) is 0 Å². The summed E-state index contributed by atoms with van der Waals surface area (Å²) in [6.07, 6.45) is 6.64. The van der Waals surface area contributed by atoms with Crippen LogP contribution < -0.4 is 0 Å². The van der Waals surface area contributed by atoms with Gasteiger partial charge in [0.1, 0.15) is 0 Å². The summed E-state index contributed by atoms with van der Waals surface area (Å²) in [5, 5.41) is 0. The van der Waals surface area contributed by atoms with Gasteiger partial charge in [0.05, 0.1) is 0 Å². The Balaban J connectivity index is 1.68. The third-order valence-electron chi connectivity index (χ3n) is 6.04. The third kappa shape index (κ3) is 2.35. The van der Waals surface area contributed by atoms with E-state index in [-0.39, 0.29) is 5.92 Å². The molecule has 0 spiro atoms. The fourth-order valence-corrected chi connectivity index (χ4v) is 6.36. The zero-order valence-corrected chi connectivity index (χ0v) is 15.4. The molecular weight excluding hydrogens is 392 g/mol. The molecular formula is C18H20Br2O. The van der Waals surface area contributed by atoms with Crippen LogP contribution in [-0.2, 0) is 0 Å². The zero-order valence-electron chi connectivity index (χ0n) is 12.2. The second-order valence-corrected chi connectivity index (χ2v) is 9.11. The lowest BCUT2D eigenvalue weighted by molar-refractivity contribution is -0.0251. The van der Waals surface area contributed by atoms with Crippen LogP contribution in [0.4, 0.5) is 0 Å². The molecule has 0 saturated heterocycles. The van der Waals surface area contributed by atoms with E-state index < -0.39 is 0 Å². The van der Waals surface area contributed by atoms with E-state index in [0.717, 1.165) is 26.3 Å². The van der Waals surface area contributed by atoms with E-state index in [2.05, 4.69) is 44.8 Å². The molecule has 0 radical (unpaired) electrons. The van der Waals surface area contributed by atoms with E-state index in [4.69, 9.17) is 0 Å². The van der Waals surface area contributed by atoms with Crippen LogP contribution in [0.5, 0.6) is 0 Å². The Morgan fingerprint density at radius 1 is 0.952 bits per heavy atom. The smallest absolute Gasteiger partial charge is 0.167 e. The first-order valence-corrected chi connectivity index (χ1v) is 9.61. The molecule has 4 fully saturated rings. The van der Waals surface area contributed by atoms with Gasteiger partial charge in [-0.2, -0.15) is 0 Å². The van der Waals surface area contributed by atoms with Crippen molar-refractivity contribution in [3.63, 3.8) is 0 Å². The summed E-state index contributed by atoms with van der Waals surface area (Å²) < 4.78 is 2.00. The lowest BCUT2D eigenvalue weighted by Gasteiger charge is -2.53. The first kappa shape index (κ1) is 14.4. The number of hydrogen-bond donors (Lipinski definition) is 0. The predicted molar refractivity (Wildman–Crippen MR) is 91.4 cm³/mol. The molecule has 0 atom stereocenters. The molecule has 1 nitrogen and oxygen atoms in total. The maximum Gasteiger partial charge on any atom is 0.167 e. The van der Waals surface area contributed by atoms with Gasteiger partial charge >= 0.3 is 0 Å².